The predicted octanol–water partition coefficient (Wildman–Crippen LogP) is 1.06. The van der Waals surface area contributed by atoms with Crippen molar-refractivity contribution in [1.29, 1.82) is 0 Å². The zero-order valence-electron chi connectivity index (χ0n) is 11.6. The van der Waals surface area contributed by atoms with E-state index in [0.29, 0.717) is 31.2 Å². The fourth-order valence-corrected chi connectivity index (χ4v) is 2.27. The van der Waals surface area contributed by atoms with Crippen molar-refractivity contribution >= 4 is 21.8 Å². The molecule has 1 rings (SSSR count). The molecule has 0 radical (unpaired) electrons. The topological polar surface area (TPSA) is 82.8 Å². The molecule has 0 heterocycles. The number of primary amides is 1. The zero-order chi connectivity index (χ0) is 15.0. The van der Waals surface area contributed by atoms with Gasteiger partial charge in [0.15, 0.2) is 11.5 Å². The van der Waals surface area contributed by atoms with Crippen LogP contribution < -0.4 is 20.5 Å². The Kier molecular flexibility index (Phi) is 7.35. The molecule has 0 unspecified atom stereocenters. The van der Waals surface area contributed by atoms with Crippen LogP contribution >= 0.6 is 15.9 Å². The Morgan fingerprint density at radius 1 is 1.35 bits per heavy atom. The van der Waals surface area contributed by atoms with Crippen molar-refractivity contribution in [3.63, 3.8) is 0 Å². The fraction of sp³-hybridized carbons (Fsp3) is 0.462. The van der Waals surface area contributed by atoms with Gasteiger partial charge in [-0.15, -0.1) is 0 Å². The minimum Gasteiger partial charge on any atom is -0.493 e. The number of carbonyl (C=O) groups is 1. The van der Waals surface area contributed by atoms with Crippen LogP contribution in [0.2, 0.25) is 0 Å². The number of amides is 1. The number of hydrogen-bond donors (Lipinski definition) is 2. The molecule has 0 aliphatic heterocycles. The van der Waals surface area contributed by atoms with E-state index in [0.717, 1.165) is 10.0 Å². The predicted molar refractivity (Wildman–Crippen MR) is 79.0 cm³/mol. The lowest BCUT2D eigenvalue weighted by Crippen LogP contribution is -2.23. The molecule has 0 saturated carbocycles. The van der Waals surface area contributed by atoms with Gasteiger partial charge in [-0.1, -0.05) is 0 Å². The van der Waals surface area contributed by atoms with Crippen LogP contribution in [-0.2, 0) is 16.1 Å². The molecule has 1 amide bonds. The van der Waals surface area contributed by atoms with Crippen LogP contribution in [0.3, 0.4) is 0 Å². The molecule has 0 spiro atoms. The Morgan fingerprint density at radius 2 is 2.10 bits per heavy atom. The van der Waals surface area contributed by atoms with Crippen LogP contribution in [0.15, 0.2) is 16.6 Å². The van der Waals surface area contributed by atoms with Crippen LogP contribution in [0.4, 0.5) is 0 Å². The molecule has 0 aliphatic carbocycles. The molecule has 3 N–H and O–H groups in total. The van der Waals surface area contributed by atoms with Crippen LogP contribution in [0.25, 0.3) is 0 Å². The largest absolute Gasteiger partial charge is 0.493 e. The van der Waals surface area contributed by atoms with E-state index in [2.05, 4.69) is 21.2 Å². The number of methoxy groups -OCH3 is 2. The van der Waals surface area contributed by atoms with E-state index < -0.39 is 5.91 Å². The van der Waals surface area contributed by atoms with Crippen molar-refractivity contribution in [1.82, 2.24) is 5.32 Å². The highest BCUT2D eigenvalue weighted by Crippen LogP contribution is 2.36. The monoisotopic (exact) mass is 346 g/mol. The third kappa shape index (κ3) is 5.36. The number of carbonyl (C=O) groups excluding carboxylic acids is 1. The van der Waals surface area contributed by atoms with E-state index in [-0.39, 0.29) is 6.61 Å². The molecule has 0 fully saturated rings. The minimum atomic E-state index is -0.464. The first-order chi connectivity index (χ1) is 9.58. The van der Waals surface area contributed by atoms with Crippen molar-refractivity contribution in [2.75, 3.05) is 34.0 Å². The number of nitrogens with one attached hydrogen (secondary N) is 1. The second kappa shape index (κ2) is 8.78. The van der Waals surface area contributed by atoms with E-state index >= 15 is 0 Å². The van der Waals surface area contributed by atoms with Crippen molar-refractivity contribution in [2.45, 2.75) is 6.54 Å². The molecule has 0 bridgehead atoms. The molecule has 0 atom stereocenters. The van der Waals surface area contributed by atoms with Gasteiger partial charge in [0, 0.05) is 13.1 Å². The van der Waals surface area contributed by atoms with Gasteiger partial charge in [0.2, 0.25) is 5.91 Å². The van der Waals surface area contributed by atoms with E-state index in [1.54, 1.807) is 14.2 Å². The van der Waals surface area contributed by atoms with Gasteiger partial charge in [-0.2, -0.15) is 0 Å². The highest BCUT2D eigenvalue weighted by molar-refractivity contribution is 9.10. The van der Waals surface area contributed by atoms with Gasteiger partial charge in [-0.25, -0.2) is 0 Å². The lowest BCUT2D eigenvalue weighted by Gasteiger charge is -2.12. The number of nitrogens with two attached hydrogens (primary N) is 1. The van der Waals surface area contributed by atoms with Gasteiger partial charge in [0.25, 0.3) is 0 Å². The molecule has 0 aliphatic rings. The standard InChI is InChI=1S/C13H19BrN2O4/c1-18-11-6-9(5-10(14)13(11)19-2)7-16-3-4-20-8-12(15)17/h5-6,16H,3-4,7-8H2,1-2H3,(H2,15,17). The summed E-state index contributed by atoms with van der Waals surface area (Å²) in [5, 5.41) is 3.20. The molecule has 20 heavy (non-hydrogen) atoms. The highest BCUT2D eigenvalue weighted by atomic mass is 79.9. The third-order valence-electron chi connectivity index (χ3n) is 2.49. The summed E-state index contributed by atoms with van der Waals surface area (Å²) in [6, 6.07) is 3.86. The summed E-state index contributed by atoms with van der Waals surface area (Å²) in [7, 11) is 3.19. The van der Waals surface area contributed by atoms with Gasteiger partial charge in [0.05, 0.1) is 25.3 Å². The third-order valence-corrected chi connectivity index (χ3v) is 3.08. The maximum atomic E-state index is 10.5. The summed E-state index contributed by atoms with van der Waals surface area (Å²) in [4.78, 5) is 10.5. The lowest BCUT2D eigenvalue weighted by molar-refractivity contribution is -0.122. The quantitative estimate of drug-likeness (QED) is 0.653. The second-order valence-corrected chi connectivity index (χ2v) is 4.86. The molecule has 6 nitrogen and oxygen atoms in total. The van der Waals surface area contributed by atoms with Crippen LogP contribution in [0.5, 0.6) is 11.5 Å². The summed E-state index contributed by atoms with van der Waals surface area (Å²) >= 11 is 3.44. The smallest absolute Gasteiger partial charge is 0.243 e. The van der Waals surface area contributed by atoms with E-state index in [1.807, 2.05) is 12.1 Å². The molecule has 1 aromatic rings. The lowest BCUT2D eigenvalue weighted by atomic mass is 10.2. The summed E-state index contributed by atoms with van der Waals surface area (Å²) in [5.41, 5.74) is 6.00. The second-order valence-electron chi connectivity index (χ2n) is 4.01. The van der Waals surface area contributed by atoms with Gasteiger partial charge in [-0.3, -0.25) is 4.79 Å². The molecule has 0 aromatic heterocycles. The van der Waals surface area contributed by atoms with E-state index in [1.165, 1.54) is 0 Å². The van der Waals surface area contributed by atoms with Crippen LogP contribution in [0, 0.1) is 0 Å². The van der Waals surface area contributed by atoms with Gasteiger partial charge < -0.3 is 25.3 Å². The fourth-order valence-electron chi connectivity index (χ4n) is 1.62. The summed E-state index contributed by atoms with van der Waals surface area (Å²) < 4.78 is 16.4. The first-order valence-corrected chi connectivity index (χ1v) is 6.85. The normalized spacial score (nSPS) is 10.3. The Morgan fingerprint density at radius 3 is 2.70 bits per heavy atom. The first kappa shape index (κ1) is 16.7. The average molecular weight is 347 g/mol. The summed E-state index contributed by atoms with van der Waals surface area (Å²) in [6.45, 7) is 1.65. The Balaban J connectivity index is 2.44. The maximum absolute atomic E-state index is 10.5. The Hall–Kier alpha value is -1.31. The highest BCUT2D eigenvalue weighted by Gasteiger charge is 2.10. The molecule has 112 valence electrons. The molecule has 1 aromatic carbocycles. The van der Waals surface area contributed by atoms with Crippen LogP contribution in [-0.4, -0.2) is 39.9 Å². The Labute approximate surface area is 126 Å². The first-order valence-electron chi connectivity index (χ1n) is 6.05. The molecule has 0 saturated heterocycles. The van der Waals surface area contributed by atoms with E-state index in [9.17, 15) is 4.79 Å². The number of benzene rings is 1. The van der Waals surface area contributed by atoms with Crippen LogP contribution in [0.1, 0.15) is 5.56 Å². The van der Waals surface area contributed by atoms with Crippen molar-refractivity contribution < 1.29 is 19.0 Å². The number of rotatable bonds is 9. The zero-order valence-corrected chi connectivity index (χ0v) is 13.2. The number of ether oxygens (including phenoxy) is 3. The summed E-state index contributed by atoms with van der Waals surface area (Å²) in [5.74, 6) is 0.874. The Bertz CT molecular complexity index is 454. The minimum absolute atomic E-state index is 0.0520. The molecular weight excluding hydrogens is 328 g/mol. The van der Waals surface area contributed by atoms with Gasteiger partial charge >= 0.3 is 0 Å². The van der Waals surface area contributed by atoms with Crippen molar-refractivity contribution in [2.24, 2.45) is 5.73 Å². The number of hydrogen-bond acceptors (Lipinski definition) is 5. The van der Waals surface area contributed by atoms with Crippen molar-refractivity contribution in [3.8, 4) is 11.5 Å². The number of halogens is 1. The molecular formula is C13H19BrN2O4. The maximum Gasteiger partial charge on any atom is 0.243 e. The van der Waals surface area contributed by atoms with Gasteiger partial charge in [0.1, 0.15) is 6.61 Å². The molecule has 7 heteroatoms. The van der Waals surface area contributed by atoms with E-state index in [4.69, 9.17) is 19.9 Å². The average Bonchev–Trinajstić information content (AvgIpc) is 2.41. The van der Waals surface area contributed by atoms with Crippen molar-refractivity contribution in [3.05, 3.63) is 22.2 Å². The van der Waals surface area contributed by atoms with Gasteiger partial charge in [-0.05, 0) is 33.6 Å². The SMILES string of the molecule is COc1cc(CNCCOCC(N)=O)cc(Br)c1OC. The summed E-state index contributed by atoms with van der Waals surface area (Å²) in [6.07, 6.45) is 0.